The van der Waals surface area contributed by atoms with Crippen molar-refractivity contribution in [1.29, 1.82) is 0 Å². The van der Waals surface area contributed by atoms with Gasteiger partial charge in [-0.05, 0) is 38.3 Å². The lowest BCUT2D eigenvalue weighted by atomic mass is 9.58. The van der Waals surface area contributed by atoms with Gasteiger partial charge in [0.05, 0.1) is 5.69 Å². The Morgan fingerprint density at radius 1 is 1.30 bits per heavy atom. The molecular formula is C17H24ClNO. The molecule has 0 aromatic carbocycles. The Labute approximate surface area is 126 Å². The molecule has 2 atom stereocenters. The molecular weight excluding hydrogens is 270 g/mol. The van der Waals surface area contributed by atoms with Gasteiger partial charge in [-0.15, -0.1) is 11.6 Å². The van der Waals surface area contributed by atoms with E-state index in [0.717, 1.165) is 30.0 Å². The second kappa shape index (κ2) is 5.55. The number of halogens is 1. The summed E-state index contributed by atoms with van der Waals surface area (Å²) in [6.45, 7) is 4.17. The number of hydrogen-bond donors (Lipinski definition) is 0. The van der Waals surface area contributed by atoms with Crippen LogP contribution in [-0.4, -0.2) is 16.5 Å². The van der Waals surface area contributed by atoms with Crippen molar-refractivity contribution >= 4 is 11.6 Å². The van der Waals surface area contributed by atoms with Gasteiger partial charge < -0.3 is 4.74 Å². The van der Waals surface area contributed by atoms with Crippen LogP contribution in [0.3, 0.4) is 0 Å². The van der Waals surface area contributed by atoms with Gasteiger partial charge in [-0.2, -0.15) is 0 Å². The Hall–Kier alpha value is -0.760. The molecule has 2 aliphatic rings. The molecule has 2 fully saturated rings. The first kappa shape index (κ1) is 14.2. The van der Waals surface area contributed by atoms with Crippen LogP contribution in [0.1, 0.15) is 56.8 Å². The largest absolute Gasteiger partial charge is 0.488 e. The van der Waals surface area contributed by atoms with E-state index in [0.29, 0.717) is 11.5 Å². The van der Waals surface area contributed by atoms with E-state index in [4.69, 9.17) is 16.3 Å². The highest BCUT2D eigenvalue weighted by Crippen LogP contribution is 2.55. The molecule has 2 unspecified atom stereocenters. The monoisotopic (exact) mass is 293 g/mol. The minimum Gasteiger partial charge on any atom is -0.488 e. The number of nitrogens with zero attached hydrogens (tertiary/aromatic N) is 1. The molecule has 3 rings (SSSR count). The molecule has 3 heteroatoms. The normalized spacial score (nSPS) is 28.1. The van der Waals surface area contributed by atoms with Gasteiger partial charge in [0, 0.05) is 22.9 Å². The Morgan fingerprint density at radius 2 is 2.05 bits per heavy atom. The van der Waals surface area contributed by atoms with Crippen molar-refractivity contribution < 1.29 is 4.74 Å². The molecule has 1 aromatic rings. The van der Waals surface area contributed by atoms with Crippen LogP contribution in [-0.2, 0) is 6.42 Å². The number of alkyl halides is 1. The average molecular weight is 294 g/mol. The summed E-state index contributed by atoms with van der Waals surface area (Å²) in [6, 6.07) is 4.12. The minimum atomic E-state index is 0.232. The smallest absolute Gasteiger partial charge is 0.141 e. The first-order valence-electron chi connectivity index (χ1n) is 7.93. The van der Waals surface area contributed by atoms with E-state index in [1.54, 1.807) is 0 Å². The SMILES string of the molecule is CCc1nc(C)ccc1OC1CC(Cl)C12CCCCC2. The van der Waals surface area contributed by atoms with Crippen LogP contribution in [0.15, 0.2) is 12.1 Å². The van der Waals surface area contributed by atoms with E-state index < -0.39 is 0 Å². The molecule has 0 N–H and O–H groups in total. The summed E-state index contributed by atoms with van der Waals surface area (Å²) in [6.07, 6.45) is 8.61. The van der Waals surface area contributed by atoms with E-state index in [9.17, 15) is 0 Å². The fourth-order valence-electron chi connectivity index (χ4n) is 3.82. The molecule has 0 radical (unpaired) electrons. The molecule has 20 heavy (non-hydrogen) atoms. The van der Waals surface area contributed by atoms with Crippen molar-refractivity contribution in [2.45, 2.75) is 70.3 Å². The predicted octanol–water partition coefficient (Wildman–Crippen LogP) is 4.66. The number of pyridine rings is 1. The predicted molar refractivity (Wildman–Crippen MR) is 82.5 cm³/mol. The average Bonchev–Trinajstić information content (AvgIpc) is 2.49. The zero-order valence-electron chi connectivity index (χ0n) is 12.5. The Balaban J connectivity index is 1.78. The highest BCUT2D eigenvalue weighted by Gasteiger charge is 2.55. The van der Waals surface area contributed by atoms with Crippen LogP contribution in [0, 0.1) is 12.3 Å². The molecule has 2 saturated carbocycles. The van der Waals surface area contributed by atoms with E-state index in [-0.39, 0.29) is 5.41 Å². The van der Waals surface area contributed by atoms with Gasteiger partial charge in [0.1, 0.15) is 11.9 Å². The molecule has 110 valence electrons. The van der Waals surface area contributed by atoms with Crippen LogP contribution in [0.5, 0.6) is 5.75 Å². The van der Waals surface area contributed by atoms with Crippen molar-refractivity contribution in [2.24, 2.45) is 5.41 Å². The lowest BCUT2D eigenvalue weighted by molar-refractivity contribution is -0.0656. The minimum absolute atomic E-state index is 0.232. The fourth-order valence-corrected chi connectivity index (χ4v) is 4.34. The summed E-state index contributed by atoms with van der Waals surface area (Å²) in [5, 5.41) is 0.302. The van der Waals surface area contributed by atoms with Crippen LogP contribution < -0.4 is 4.74 Å². The van der Waals surface area contributed by atoms with Gasteiger partial charge in [0.25, 0.3) is 0 Å². The third kappa shape index (κ3) is 2.32. The van der Waals surface area contributed by atoms with Crippen molar-refractivity contribution in [3.8, 4) is 5.75 Å². The maximum Gasteiger partial charge on any atom is 0.141 e. The second-order valence-electron chi connectivity index (χ2n) is 6.35. The Morgan fingerprint density at radius 3 is 2.70 bits per heavy atom. The molecule has 1 aromatic heterocycles. The molecule has 2 nitrogen and oxygen atoms in total. The highest BCUT2D eigenvalue weighted by atomic mass is 35.5. The molecule has 1 spiro atoms. The summed E-state index contributed by atoms with van der Waals surface area (Å²) in [4.78, 5) is 4.60. The molecule has 0 bridgehead atoms. The standard InChI is InChI=1S/C17H24ClNO/c1-3-13-14(8-7-12(2)19-13)20-16-11-15(18)17(16)9-5-4-6-10-17/h7-8,15-16H,3-6,9-11H2,1-2H3. The second-order valence-corrected chi connectivity index (χ2v) is 6.88. The number of ether oxygens (including phenoxy) is 1. The lowest BCUT2D eigenvalue weighted by Crippen LogP contribution is -2.58. The highest BCUT2D eigenvalue weighted by molar-refractivity contribution is 6.21. The van der Waals surface area contributed by atoms with Gasteiger partial charge >= 0.3 is 0 Å². The van der Waals surface area contributed by atoms with Gasteiger partial charge in [-0.25, -0.2) is 0 Å². The van der Waals surface area contributed by atoms with Crippen molar-refractivity contribution in [2.75, 3.05) is 0 Å². The number of hydrogen-bond acceptors (Lipinski definition) is 2. The molecule has 0 saturated heterocycles. The molecule has 0 aliphatic heterocycles. The summed E-state index contributed by atoms with van der Waals surface area (Å²) in [5.41, 5.74) is 2.37. The summed E-state index contributed by atoms with van der Waals surface area (Å²) in [7, 11) is 0. The van der Waals surface area contributed by atoms with Gasteiger partial charge in [0.2, 0.25) is 0 Å². The fraction of sp³-hybridized carbons (Fsp3) is 0.706. The number of rotatable bonds is 3. The maximum atomic E-state index is 6.55. The molecule has 2 aliphatic carbocycles. The Bertz CT molecular complexity index is 482. The van der Waals surface area contributed by atoms with E-state index in [1.165, 1.54) is 32.1 Å². The van der Waals surface area contributed by atoms with E-state index in [2.05, 4.69) is 18.0 Å². The zero-order chi connectivity index (χ0) is 14.2. The quantitative estimate of drug-likeness (QED) is 0.756. The molecule has 1 heterocycles. The van der Waals surface area contributed by atoms with E-state index >= 15 is 0 Å². The van der Waals surface area contributed by atoms with E-state index in [1.807, 2.05) is 13.0 Å². The lowest BCUT2D eigenvalue weighted by Gasteiger charge is -2.55. The summed E-state index contributed by atoms with van der Waals surface area (Å²) in [5.74, 6) is 0.969. The van der Waals surface area contributed by atoms with Crippen LogP contribution >= 0.6 is 11.6 Å². The Kier molecular flexibility index (Phi) is 3.94. The number of aromatic nitrogens is 1. The third-order valence-electron chi connectivity index (χ3n) is 5.15. The van der Waals surface area contributed by atoms with Crippen LogP contribution in [0.4, 0.5) is 0 Å². The number of aryl methyl sites for hydroxylation is 2. The first-order chi connectivity index (χ1) is 9.65. The topological polar surface area (TPSA) is 22.1 Å². The molecule has 0 amide bonds. The third-order valence-corrected chi connectivity index (χ3v) is 5.76. The van der Waals surface area contributed by atoms with Crippen molar-refractivity contribution in [1.82, 2.24) is 4.98 Å². The van der Waals surface area contributed by atoms with Crippen molar-refractivity contribution in [3.63, 3.8) is 0 Å². The van der Waals surface area contributed by atoms with Gasteiger partial charge in [0.15, 0.2) is 0 Å². The summed E-state index contributed by atoms with van der Waals surface area (Å²) >= 11 is 6.55. The van der Waals surface area contributed by atoms with Crippen molar-refractivity contribution in [3.05, 3.63) is 23.5 Å². The van der Waals surface area contributed by atoms with Crippen LogP contribution in [0.25, 0.3) is 0 Å². The van der Waals surface area contributed by atoms with Gasteiger partial charge in [-0.1, -0.05) is 26.2 Å². The van der Waals surface area contributed by atoms with Crippen LogP contribution in [0.2, 0.25) is 0 Å². The first-order valence-corrected chi connectivity index (χ1v) is 8.36. The zero-order valence-corrected chi connectivity index (χ0v) is 13.2. The summed E-state index contributed by atoms with van der Waals surface area (Å²) < 4.78 is 6.34. The van der Waals surface area contributed by atoms with Gasteiger partial charge in [-0.3, -0.25) is 4.98 Å². The maximum absolute atomic E-state index is 6.55.